The maximum Gasteiger partial charge on any atom is 0.100 e. The highest BCUT2D eigenvalue weighted by Gasteiger charge is 2.28. The number of nitriles is 1. The molecule has 1 fully saturated rings. The molecule has 3 atom stereocenters. The maximum absolute atomic E-state index is 8.96. The second-order valence-corrected chi connectivity index (χ2v) is 6.34. The van der Waals surface area contributed by atoms with Crippen molar-refractivity contribution in [2.24, 2.45) is 11.8 Å². The second kappa shape index (κ2) is 5.32. The molecule has 0 aliphatic carbocycles. The number of anilines is 1. The van der Waals surface area contributed by atoms with Gasteiger partial charge in [-0.05, 0) is 59.3 Å². The van der Waals surface area contributed by atoms with Crippen LogP contribution in [0.2, 0.25) is 0 Å². The standard InChI is InChI=1S/C15H19BrN2/c1-10-6-11(2)12(3)18(9-10)14-5-4-13(8-17)15(16)7-14/h4-5,7,10-12H,6,9H2,1-3H3. The molecule has 0 bridgehead atoms. The van der Waals surface area contributed by atoms with Crippen LogP contribution in [0.4, 0.5) is 5.69 Å². The quantitative estimate of drug-likeness (QED) is 0.778. The molecule has 0 aromatic heterocycles. The van der Waals surface area contributed by atoms with Crippen LogP contribution in [0.5, 0.6) is 0 Å². The normalized spacial score (nSPS) is 27.9. The molecule has 1 saturated heterocycles. The monoisotopic (exact) mass is 306 g/mol. The van der Waals surface area contributed by atoms with Crippen molar-refractivity contribution in [3.05, 3.63) is 28.2 Å². The second-order valence-electron chi connectivity index (χ2n) is 5.49. The van der Waals surface area contributed by atoms with Gasteiger partial charge in [0, 0.05) is 22.7 Å². The first-order chi connectivity index (χ1) is 8.52. The molecule has 1 aromatic rings. The molecular formula is C15H19BrN2. The predicted molar refractivity (Wildman–Crippen MR) is 78.6 cm³/mol. The van der Waals surface area contributed by atoms with Crippen LogP contribution in [-0.4, -0.2) is 12.6 Å². The van der Waals surface area contributed by atoms with Crippen LogP contribution < -0.4 is 4.90 Å². The van der Waals surface area contributed by atoms with E-state index in [4.69, 9.17) is 5.26 Å². The van der Waals surface area contributed by atoms with Gasteiger partial charge in [0.05, 0.1) is 5.56 Å². The van der Waals surface area contributed by atoms with E-state index in [1.165, 1.54) is 12.1 Å². The lowest BCUT2D eigenvalue weighted by atomic mass is 9.85. The van der Waals surface area contributed by atoms with Crippen LogP contribution in [0, 0.1) is 23.2 Å². The average Bonchev–Trinajstić information content (AvgIpc) is 2.33. The molecule has 0 saturated carbocycles. The van der Waals surface area contributed by atoms with Crippen molar-refractivity contribution < 1.29 is 0 Å². The molecular weight excluding hydrogens is 288 g/mol. The molecule has 0 radical (unpaired) electrons. The highest BCUT2D eigenvalue weighted by Crippen LogP contribution is 2.33. The van der Waals surface area contributed by atoms with Gasteiger partial charge < -0.3 is 4.90 Å². The van der Waals surface area contributed by atoms with E-state index in [1.54, 1.807) is 0 Å². The van der Waals surface area contributed by atoms with Crippen LogP contribution in [-0.2, 0) is 0 Å². The third-order valence-corrected chi connectivity index (χ3v) is 4.66. The molecule has 0 amide bonds. The molecule has 1 aliphatic heterocycles. The van der Waals surface area contributed by atoms with Crippen molar-refractivity contribution in [3.63, 3.8) is 0 Å². The smallest absolute Gasteiger partial charge is 0.100 e. The predicted octanol–water partition coefficient (Wildman–Crippen LogP) is 4.19. The van der Waals surface area contributed by atoms with Gasteiger partial charge in [0.1, 0.15) is 6.07 Å². The number of hydrogen-bond acceptors (Lipinski definition) is 2. The Morgan fingerprint density at radius 3 is 2.67 bits per heavy atom. The van der Waals surface area contributed by atoms with E-state index in [0.717, 1.165) is 16.9 Å². The number of halogens is 1. The summed E-state index contributed by atoms with van der Waals surface area (Å²) in [5.41, 5.74) is 1.91. The molecule has 2 nitrogen and oxygen atoms in total. The minimum atomic E-state index is 0.557. The Labute approximate surface area is 118 Å². The first-order valence-corrected chi connectivity index (χ1v) is 7.28. The highest BCUT2D eigenvalue weighted by molar-refractivity contribution is 9.10. The van der Waals surface area contributed by atoms with Crippen LogP contribution in [0.3, 0.4) is 0 Å². The zero-order chi connectivity index (χ0) is 13.3. The van der Waals surface area contributed by atoms with Gasteiger partial charge in [0.25, 0.3) is 0 Å². The van der Waals surface area contributed by atoms with E-state index in [0.29, 0.717) is 17.5 Å². The van der Waals surface area contributed by atoms with E-state index >= 15 is 0 Å². The van der Waals surface area contributed by atoms with Gasteiger partial charge in [-0.3, -0.25) is 0 Å². The number of benzene rings is 1. The van der Waals surface area contributed by atoms with Gasteiger partial charge in [-0.2, -0.15) is 5.26 Å². The van der Waals surface area contributed by atoms with Crippen molar-refractivity contribution in [2.75, 3.05) is 11.4 Å². The Balaban J connectivity index is 2.30. The Kier molecular flexibility index (Phi) is 3.97. The molecule has 0 spiro atoms. The first-order valence-electron chi connectivity index (χ1n) is 6.49. The van der Waals surface area contributed by atoms with E-state index in [-0.39, 0.29) is 0 Å². The summed E-state index contributed by atoms with van der Waals surface area (Å²) < 4.78 is 0.889. The van der Waals surface area contributed by atoms with Crippen LogP contribution >= 0.6 is 15.9 Å². The number of rotatable bonds is 1. The van der Waals surface area contributed by atoms with Crippen molar-refractivity contribution >= 4 is 21.6 Å². The summed E-state index contributed by atoms with van der Waals surface area (Å²) in [6.45, 7) is 8.03. The molecule has 3 heteroatoms. The molecule has 1 aromatic carbocycles. The van der Waals surface area contributed by atoms with Gasteiger partial charge >= 0.3 is 0 Å². The Bertz CT molecular complexity index is 478. The molecule has 1 aliphatic rings. The third kappa shape index (κ3) is 2.54. The van der Waals surface area contributed by atoms with Crippen molar-refractivity contribution in [3.8, 4) is 6.07 Å². The van der Waals surface area contributed by atoms with Gasteiger partial charge in [-0.25, -0.2) is 0 Å². The van der Waals surface area contributed by atoms with E-state index in [1.807, 2.05) is 6.07 Å². The van der Waals surface area contributed by atoms with Gasteiger partial charge in [-0.15, -0.1) is 0 Å². The lowest BCUT2D eigenvalue weighted by Gasteiger charge is -2.42. The topological polar surface area (TPSA) is 27.0 Å². The number of piperidine rings is 1. The van der Waals surface area contributed by atoms with Crippen molar-refractivity contribution in [1.82, 2.24) is 0 Å². The summed E-state index contributed by atoms with van der Waals surface area (Å²) in [6, 6.07) is 8.77. The lowest BCUT2D eigenvalue weighted by molar-refractivity contribution is 0.297. The zero-order valence-corrected chi connectivity index (χ0v) is 12.7. The fraction of sp³-hybridized carbons (Fsp3) is 0.533. The largest absolute Gasteiger partial charge is 0.368 e. The number of nitrogens with zero attached hydrogens (tertiary/aromatic N) is 2. The zero-order valence-electron chi connectivity index (χ0n) is 11.2. The highest BCUT2D eigenvalue weighted by atomic mass is 79.9. The fourth-order valence-electron chi connectivity index (χ4n) is 2.83. The Morgan fingerprint density at radius 2 is 2.06 bits per heavy atom. The van der Waals surface area contributed by atoms with Crippen LogP contribution in [0.15, 0.2) is 22.7 Å². The summed E-state index contributed by atoms with van der Waals surface area (Å²) >= 11 is 3.47. The van der Waals surface area contributed by atoms with Gasteiger partial charge in [0.15, 0.2) is 0 Å². The van der Waals surface area contributed by atoms with Gasteiger partial charge in [0.2, 0.25) is 0 Å². The SMILES string of the molecule is CC1CC(C)C(C)N(c2ccc(C#N)c(Br)c2)C1. The summed E-state index contributed by atoms with van der Waals surface area (Å²) in [5.74, 6) is 1.44. The minimum Gasteiger partial charge on any atom is -0.368 e. The third-order valence-electron chi connectivity index (χ3n) is 4.00. The molecule has 0 N–H and O–H groups in total. The van der Waals surface area contributed by atoms with Crippen LogP contribution in [0.25, 0.3) is 0 Å². The summed E-state index contributed by atoms with van der Waals surface area (Å²) in [6.07, 6.45) is 1.30. The van der Waals surface area contributed by atoms with Crippen LogP contribution in [0.1, 0.15) is 32.8 Å². The fourth-order valence-corrected chi connectivity index (χ4v) is 3.28. The molecule has 3 unspecified atom stereocenters. The Morgan fingerprint density at radius 1 is 1.33 bits per heavy atom. The number of hydrogen-bond donors (Lipinski definition) is 0. The summed E-state index contributed by atoms with van der Waals surface area (Å²) in [7, 11) is 0. The molecule has 18 heavy (non-hydrogen) atoms. The minimum absolute atomic E-state index is 0.557. The van der Waals surface area contributed by atoms with Gasteiger partial charge in [-0.1, -0.05) is 13.8 Å². The Hall–Kier alpha value is -1.01. The van der Waals surface area contributed by atoms with E-state index in [9.17, 15) is 0 Å². The molecule has 2 rings (SSSR count). The maximum atomic E-state index is 8.96. The van der Waals surface area contributed by atoms with E-state index < -0.39 is 0 Å². The molecule has 96 valence electrons. The summed E-state index contributed by atoms with van der Waals surface area (Å²) in [4.78, 5) is 2.46. The first kappa shape index (κ1) is 13.4. The summed E-state index contributed by atoms with van der Waals surface area (Å²) in [5, 5.41) is 8.96. The van der Waals surface area contributed by atoms with Crippen molar-refractivity contribution in [2.45, 2.75) is 33.2 Å². The van der Waals surface area contributed by atoms with Crippen molar-refractivity contribution in [1.29, 1.82) is 5.26 Å². The lowest BCUT2D eigenvalue weighted by Crippen LogP contribution is -2.45. The van der Waals surface area contributed by atoms with E-state index in [2.05, 4.69) is 59.8 Å². The average molecular weight is 307 g/mol. The molecule has 1 heterocycles.